The molecule has 52 heavy (non-hydrogen) atoms. The van der Waals surface area contributed by atoms with Crippen molar-refractivity contribution in [1.29, 1.82) is 0 Å². The fraction of sp³-hybridized carbons (Fsp3) is 0.957. The number of carbonyl (C=O) groups is 2. The Morgan fingerprint density at radius 3 is 1.17 bits per heavy atom. The van der Waals surface area contributed by atoms with Gasteiger partial charge in [-0.25, -0.2) is 0 Å². The number of aliphatic hydroxyl groups excluding tert-OH is 2. The predicted molar refractivity (Wildman–Crippen MR) is 223 cm³/mol. The summed E-state index contributed by atoms with van der Waals surface area (Å²) in [4.78, 5) is 25.9. The Labute approximate surface area is 324 Å². The Morgan fingerprint density at radius 2 is 0.808 bits per heavy atom. The quantitative estimate of drug-likeness (QED) is 0.0428. The van der Waals surface area contributed by atoms with Crippen molar-refractivity contribution in [2.24, 2.45) is 0 Å². The molecule has 0 saturated carbocycles. The summed E-state index contributed by atoms with van der Waals surface area (Å²) in [6, 6.07) is -0.689. The molecule has 0 aromatic rings. The molecule has 1 amide bonds. The standard InChI is InChI=1S/C46H91NO5/c1-4-7-10-13-16-19-21-22-23-24-27-30-33-36-39-46(51)52-42(37-34-31-28-26-20-17-14-11-8-5-2)40-45(50)47-43(41-48)44(49)38-35-32-29-25-18-15-12-9-6-3/h42-44,48-49H,4-41H2,1-3H3,(H,47,50). The van der Waals surface area contributed by atoms with Gasteiger partial charge in [0.15, 0.2) is 0 Å². The largest absolute Gasteiger partial charge is 0.462 e. The Kier molecular flexibility index (Phi) is 40.1. The van der Waals surface area contributed by atoms with Crippen molar-refractivity contribution >= 4 is 11.9 Å². The van der Waals surface area contributed by atoms with Gasteiger partial charge in [-0.05, 0) is 25.7 Å². The summed E-state index contributed by atoms with van der Waals surface area (Å²) in [6.45, 7) is 6.46. The first-order valence-electron chi connectivity index (χ1n) is 23.3. The number of hydrogen-bond donors (Lipinski definition) is 3. The van der Waals surface area contributed by atoms with E-state index in [0.29, 0.717) is 19.3 Å². The van der Waals surface area contributed by atoms with Crippen LogP contribution >= 0.6 is 0 Å². The molecule has 3 N–H and O–H groups in total. The predicted octanol–water partition coefficient (Wildman–Crippen LogP) is 13.2. The molecule has 0 rings (SSSR count). The third-order valence-corrected chi connectivity index (χ3v) is 10.9. The molecule has 0 fully saturated rings. The average Bonchev–Trinajstić information content (AvgIpc) is 3.13. The van der Waals surface area contributed by atoms with Crippen LogP contribution in [0.4, 0.5) is 0 Å². The lowest BCUT2D eigenvalue weighted by Crippen LogP contribution is -2.46. The number of aliphatic hydroxyl groups is 2. The highest BCUT2D eigenvalue weighted by Gasteiger charge is 2.24. The molecule has 6 nitrogen and oxygen atoms in total. The molecule has 0 bridgehead atoms. The van der Waals surface area contributed by atoms with E-state index in [4.69, 9.17) is 4.74 Å². The zero-order valence-corrected chi connectivity index (χ0v) is 35.2. The zero-order chi connectivity index (χ0) is 38.2. The highest BCUT2D eigenvalue weighted by Crippen LogP contribution is 2.18. The number of unbranched alkanes of at least 4 members (excludes halogenated alkanes) is 30. The maximum atomic E-state index is 13.1. The Morgan fingerprint density at radius 1 is 0.481 bits per heavy atom. The second-order valence-electron chi connectivity index (χ2n) is 16.2. The van der Waals surface area contributed by atoms with Gasteiger partial charge in [-0.3, -0.25) is 9.59 Å². The number of esters is 1. The first-order chi connectivity index (χ1) is 25.5. The molecule has 0 aliphatic heterocycles. The molecule has 0 aromatic carbocycles. The van der Waals surface area contributed by atoms with Crippen LogP contribution < -0.4 is 5.32 Å². The Bertz CT molecular complexity index is 746. The molecule has 0 spiro atoms. The first kappa shape index (κ1) is 50.9. The number of carbonyl (C=O) groups excluding carboxylic acids is 2. The number of amides is 1. The first-order valence-corrected chi connectivity index (χ1v) is 23.3. The van der Waals surface area contributed by atoms with Crippen LogP contribution in [-0.4, -0.2) is 46.9 Å². The van der Waals surface area contributed by atoms with Gasteiger partial charge >= 0.3 is 5.97 Å². The van der Waals surface area contributed by atoms with Crippen molar-refractivity contribution in [3.63, 3.8) is 0 Å². The third-order valence-electron chi connectivity index (χ3n) is 10.9. The van der Waals surface area contributed by atoms with Gasteiger partial charge in [-0.1, -0.05) is 220 Å². The van der Waals surface area contributed by atoms with Crippen molar-refractivity contribution < 1.29 is 24.5 Å². The highest BCUT2D eigenvalue weighted by atomic mass is 16.5. The average molecular weight is 738 g/mol. The molecule has 0 aliphatic carbocycles. The van der Waals surface area contributed by atoms with Crippen LogP contribution in [0.1, 0.15) is 258 Å². The smallest absolute Gasteiger partial charge is 0.306 e. The van der Waals surface area contributed by atoms with E-state index in [1.807, 2.05) is 0 Å². The number of rotatable bonds is 42. The zero-order valence-electron chi connectivity index (χ0n) is 35.2. The molecule has 6 heteroatoms. The molecule has 0 saturated heterocycles. The molecule has 310 valence electrons. The van der Waals surface area contributed by atoms with E-state index in [1.54, 1.807) is 0 Å². The van der Waals surface area contributed by atoms with Crippen molar-refractivity contribution in [3.8, 4) is 0 Å². The molecule has 0 radical (unpaired) electrons. The van der Waals surface area contributed by atoms with Crippen LogP contribution in [0, 0.1) is 0 Å². The highest BCUT2D eigenvalue weighted by molar-refractivity contribution is 5.77. The molecular formula is C46H91NO5. The molecule has 3 atom stereocenters. The normalized spacial score (nSPS) is 13.2. The van der Waals surface area contributed by atoms with Gasteiger partial charge in [0, 0.05) is 6.42 Å². The van der Waals surface area contributed by atoms with Crippen LogP contribution in [0.5, 0.6) is 0 Å². The SMILES string of the molecule is CCCCCCCCCCCCCCCCC(=O)OC(CCCCCCCCCCCC)CC(=O)NC(CO)C(O)CCCCCCCCCCC. The lowest BCUT2D eigenvalue weighted by molar-refractivity contribution is -0.151. The molecule has 0 aliphatic rings. The lowest BCUT2D eigenvalue weighted by Gasteiger charge is -2.24. The summed E-state index contributed by atoms with van der Waals surface area (Å²) in [5.41, 5.74) is 0. The maximum Gasteiger partial charge on any atom is 0.306 e. The number of nitrogens with one attached hydrogen (secondary N) is 1. The van der Waals surface area contributed by atoms with E-state index in [9.17, 15) is 19.8 Å². The van der Waals surface area contributed by atoms with E-state index in [-0.39, 0.29) is 24.9 Å². The lowest BCUT2D eigenvalue weighted by atomic mass is 10.0. The van der Waals surface area contributed by atoms with Gasteiger partial charge in [0.25, 0.3) is 0 Å². The van der Waals surface area contributed by atoms with E-state index in [1.165, 1.54) is 173 Å². The summed E-state index contributed by atoms with van der Waals surface area (Å²) >= 11 is 0. The molecule has 0 heterocycles. The van der Waals surface area contributed by atoms with Crippen LogP contribution in [0.3, 0.4) is 0 Å². The van der Waals surface area contributed by atoms with E-state index >= 15 is 0 Å². The second-order valence-corrected chi connectivity index (χ2v) is 16.2. The monoisotopic (exact) mass is 738 g/mol. The minimum absolute atomic E-state index is 0.0865. The van der Waals surface area contributed by atoms with Crippen LogP contribution in [0.15, 0.2) is 0 Å². The fourth-order valence-corrected chi connectivity index (χ4v) is 7.37. The van der Waals surface area contributed by atoms with Crippen molar-refractivity contribution in [2.75, 3.05) is 6.61 Å². The van der Waals surface area contributed by atoms with Crippen molar-refractivity contribution in [1.82, 2.24) is 5.32 Å². The molecule has 3 unspecified atom stereocenters. The van der Waals surface area contributed by atoms with Crippen molar-refractivity contribution in [3.05, 3.63) is 0 Å². The van der Waals surface area contributed by atoms with Gasteiger partial charge in [0.1, 0.15) is 6.10 Å². The minimum atomic E-state index is -0.776. The van der Waals surface area contributed by atoms with Crippen LogP contribution in [-0.2, 0) is 14.3 Å². The van der Waals surface area contributed by atoms with E-state index in [2.05, 4.69) is 26.1 Å². The second kappa shape index (κ2) is 41.0. The third kappa shape index (κ3) is 35.9. The summed E-state index contributed by atoms with van der Waals surface area (Å²) in [5.74, 6) is -0.459. The summed E-state index contributed by atoms with van der Waals surface area (Å²) < 4.78 is 5.90. The fourth-order valence-electron chi connectivity index (χ4n) is 7.37. The van der Waals surface area contributed by atoms with Gasteiger partial charge in [0.05, 0.1) is 25.2 Å². The Hall–Kier alpha value is -1.14. The van der Waals surface area contributed by atoms with Gasteiger partial charge in [-0.15, -0.1) is 0 Å². The number of ether oxygens (including phenoxy) is 1. The van der Waals surface area contributed by atoms with Gasteiger partial charge in [0.2, 0.25) is 5.91 Å². The Balaban J connectivity index is 4.50. The van der Waals surface area contributed by atoms with E-state index < -0.39 is 18.2 Å². The summed E-state index contributed by atoms with van der Waals surface area (Å²) in [6.07, 6.45) is 41.6. The van der Waals surface area contributed by atoms with Crippen LogP contribution in [0.2, 0.25) is 0 Å². The number of hydrogen-bond acceptors (Lipinski definition) is 5. The summed E-state index contributed by atoms with van der Waals surface area (Å²) in [7, 11) is 0. The maximum absolute atomic E-state index is 13.1. The minimum Gasteiger partial charge on any atom is -0.462 e. The molecular weight excluding hydrogens is 647 g/mol. The van der Waals surface area contributed by atoms with Crippen molar-refractivity contribution in [2.45, 2.75) is 277 Å². The topological polar surface area (TPSA) is 95.9 Å². The molecule has 0 aromatic heterocycles. The van der Waals surface area contributed by atoms with Crippen LogP contribution in [0.25, 0.3) is 0 Å². The van der Waals surface area contributed by atoms with Gasteiger partial charge in [-0.2, -0.15) is 0 Å². The van der Waals surface area contributed by atoms with E-state index in [0.717, 1.165) is 38.5 Å². The summed E-state index contributed by atoms with van der Waals surface area (Å²) in [5, 5.41) is 23.6. The van der Waals surface area contributed by atoms with Gasteiger partial charge < -0.3 is 20.3 Å².